The van der Waals surface area contributed by atoms with E-state index in [2.05, 4.69) is 14.9 Å². The summed E-state index contributed by atoms with van der Waals surface area (Å²) in [7, 11) is -3.07. The second-order valence-corrected chi connectivity index (χ2v) is 6.91. The van der Waals surface area contributed by atoms with E-state index >= 15 is 0 Å². The van der Waals surface area contributed by atoms with Gasteiger partial charge in [0.05, 0.1) is 5.75 Å². The lowest BCUT2D eigenvalue weighted by Gasteiger charge is -2.27. The molecule has 2 N–H and O–H groups in total. The molecule has 5 nitrogen and oxygen atoms in total. The van der Waals surface area contributed by atoms with Crippen LogP contribution in [0.15, 0.2) is 0 Å². The molecule has 102 valence electrons. The van der Waals surface area contributed by atoms with E-state index in [0.717, 1.165) is 39.1 Å². The monoisotopic (exact) mass is 263 g/mol. The molecule has 1 saturated heterocycles. The standard InChI is InChI=1S/C11H25N3O2S/c1-11(2)3-10-17(15,16)13-6-9-14-7-4-12-5-8-14/h11-13H,3-10H2,1-2H3. The third kappa shape index (κ3) is 6.98. The lowest BCUT2D eigenvalue weighted by Crippen LogP contribution is -2.46. The van der Waals surface area contributed by atoms with Crippen molar-refractivity contribution in [2.24, 2.45) is 5.92 Å². The van der Waals surface area contributed by atoms with Crippen LogP contribution < -0.4 is 10.0 Å². The first-order valence-corrected chi connectivity index (χ1v) is 8.05. The summed E-state index contributed by atoms with van der Waals surface area (Å²) in [6.45, 7) is 9.43. The van der Waals surface area contributed by atoms with Crippen LogP contribution in [-0.2, 0) is 10.0 Å². The van der Waals surface area contributed by atoms with Gasteiger partial charge in [0.2, 0.25) is 10.0 Å². The molecular weight excluding hydrogens is 238 g/mol. The summed E-state index contributed by atoms with van der Waals surface area (Å²) in [5, 5.41) is 3.27. The molecule has 0 aromatic rings. The fourth-order valence-corrected chi connectivity index (χ4v) is 3.09. The Morgan fingerprint density at radius 1 is 1.29 bits per heavy atom. The van der Waals surface area contributed by atoms with Crippen LogP contribution in [0.5, 0.6) is 0 Å². The van der Waals surface area contributed by atoms with Gasteiger partial charge in [-0.05, 0) is 12.3 Å². The number of nitrogens with one attached hydrogen (secondary N) is 2. The number of piperazine rings is 1. The first-order chi connectivity index (χ1) is 7.99. The third-order valence-corrected chi connectivity index (χ3v) is 4.34. The summed E-state index contributed by atoms with van der Waals surface area (Å²) in [5.41, 5.74) is 0. The predicted molar refractivity (Wildman–Crippen MR) is 70.6 cm³/mol. The Balaban J connectivity index is 2.15. The van der Waals surface area contributed by atoms with E-state index in [4.69, 9.17) is 0 Å². The lowest BCUT2D eigenvalue weighted by atomic mass is 10.2. The first-order valence-electron chi connectivity index (χ1n) is 6.40. The van der Waals surface area contributed by atoms with Crippen LogP contribution in [0.25, 0.3) is 0 Å². The number of hydrogen-bond acceptors (Lipinski definition) is 4. The normalized spacial score (nSPS) is 18.8. The van der Waals surface area contributed by atoms with Crippen LogP contribution in [0.3, 0.4) is 0 Å². The molecule has 0 amide bonds. The van der Waals surface area contributed by atoms with Crippen molar-refractivity contribution >= 4 is 10.0 Å². The van der Waals surface area contributed by atoms with Gasteiger partial charge in [0, 0.05) is 39.3 Å². The van der Waals surface area contributed by atoms with Crippen LogP contribution >= 0.6 is 0 Å². The largest absolute Gasteiger partial charge is 0.314 e. The third-order valence-electron chi connectivity index (χ3n) is 2.92. The Morgan fingerprint density at radius 3 is 2.53 bits per heavy atom. The minimum atomic E-state index is -3.07. The molecule has 1 aliphatic rings. The summed E-state index contributed by atoms with van der Waals surface area (Å²) in [5.74, 6) is 0.673. The van der Waals surface area contributed by atoms with Gasteiger partial charge in [-0.1, -0.05) is 13.8 Å². The molecule has 1 fully saturated rings. The Hall–Kier alpha value is -0.170. The van der Waals surface area contributed by atoms with Crippen molar-refractivity contribution in [2.75, 3.05) is 45.0 Å². The van der Waals surface area contributed by atoms with Gasteiger partial charge in [0.15, 0.2) is 0 Å². The van der Waals surface area contributed by atoms with Crippen LogP contribution in [0.2, 0.25) is 0 Å². The predicted octanol–water partition coefficient (Wildman–Crippen LogP) is -0.143. The summed E-state index contributed by atoms with van der Waals surface area (Å²) < 4.78 is 25.9. The average Bonchev–Trinajstić information content (AvgIpc) is 2.28. The van der Waals surface area contributed by atoms with E-state index in [1.165, 1.54) is 0 Å². The highest BCUT2D eigenvalue weighted by Gasteiger charge is 2.13. The van der Waals surface area contributed by atoms with E-state index in [1.807, 2.05) is 13.8 Å². The molecule has 1 aliphatic heterocycles. The Labute approximate surface area is 105 Å². The maximum atomic E-state index is 11.6. The molecule has 0 radical (unpaired) electrons. The number of nitrogens with zero attached hydrogens (tertiary/aromatic N) is 1. The fraction of sp³-hybridized carbons (Fsp3) is 1.00. The molecule has 6 heteroatoms. The van der Waals surface area contributed by atoms with E-state index < -0.39 is 10.0 Å². The highest BCUT2D eigenvalue weighted by molar-refractivity contribution is 7.89. The maximum Gasteiger partial charge on any atom is 0.211 e. The second kappa shape index (κ2) is 7.31. The maximum absolute atomic E-state index is 11.6. The van der Waals surface area contributed by atoms with E-state index in [-0.39, 0.29) is 5.75 Å². The lowest BCUT2D eigenvalue weighted by molar-refractivity contribution is 0.245. The van der Waals surface area contributed by atoms with Gasteiger partial charge >= 0.3 is 0 Å². The quantitative estimate of drug-likeness (QED) is 0.671. The zero-order chi connectivity index (χ0) is 12.7. The molecule has 1 rings (SSSR count). The number of rotatable bonds is 7. The SMILES string of the molecule is CC(C)CCS(=O)(=O)NCCN1CCNCC1. The van der Waals surface area contributed by atoms with Crippen molar-refractivity contribution < 1.29 is 8.42 Å². The van der Waals surface area contributed by atoms with E-state index in [0.29, 0.717) is 12.5 Å². The Morgan fingerprint density at radius 2 is 1.94 bits per heavy atom. The zero-order valence-electron chi connectivity index (χ0n) is 10.9. The molecule has 0 bridgehead atoms. The highest BCUT2D eigenvalue weighted by atomic mass is 32.2. The van der Waals surface area contributed by atoms with Crippen LogP contribution in [0, 0.1) is 5.92 Å². The van der Waals surface area contributed by atoms with Crippen LogP contribution in [0.4, 0.5) is 0 Å². The topological polar surface area (TPSA) is 61.4 Å². The molecule has 0 aliphatic carbocycles. The minimum Gasteiger partial charge on any atom is -0.314 e. The summed E-state index contributed by atoms with van der Waals surface area (Å²) >= 11 is 0. The molecule has 0 aromatic carbocycles. The van der Waals surface area contributed by atoms with Crippen molar-refractivity contribution in [3.8, 4) is 0 Å². The van der Waals surface area contributed by atoms with Gasteiger partial charge in [-0.3, -0.25) is 4.90 Å². The van der Waals surface area contributed by atoms with Crippen LogP contribution in [0.1, 0.15) is 20.3 Å². The zero-order valence-corrected chi connectivity index (χ0v) is 11.7. The van der Waals surface area contributed by atoms with Crippen molar-refractivity contribution in [1.82, 2.24) is 14.9 Å². The molecular formula is C11H25N3O2S. The van der Waals surface area contributed by atoms with Crippen molar-refractivity contribution in [3.05, 3.63) is 0 Å². The second-order valence-electron chi connectivity index (χ2n) is 4.99. The van der Waals surface area contributed by atoms with Crippen molar-refractivity contribution in [3.63, 3.8) is 0 Å². The van der Waals surface area contributed by atoms with Gasteiger partial charge in [-0.25, -0.2) is 13.1 Å². The Bertz CT molecular complexity index is 298. The minimum absolute atomic E-state index is 0.242. The molecule has 0 spiro atoms. The summed E-state index contributed by atoms with van der Waals surface area (Å²) in [4.78, 5) is 2.28. The molecule has 17 heavy (non-hydrogen) atoms. The van der Waals surface area contributed by atoms with Gasteiger partial charge < -0.3 is 5.32 Å². The molecule has 0 unspecified atom stereocenters. The van der Waals surface area contributed by atoms with Gasteiger partial charge in [-0.2, -0.15) is 0 Å². The Kier molecular flexibility index (Phi) is 6.40. The van der Waals surface area contributed by atoms with Crippen molar-refractivity contribution in [2.45, 2.75) is 20.3 Å². The smallest absolute Gasteiger partial charge is 0.211 e. The summed E-state index contributed by atoms with van der Waals surface area (Å²) in [6, 6.07) is 0. The summed E-state index contributed by atoms with van der Waals surface area (Å²) in [6.07, 6.45) is 0.725. The highest BCUT2D eigenvalue weighted by Crippen LogP contribution is 2.01. The van der Waals surface area contributed by atoms with Crippen molar-refractivity contribution in [1.29, 1.82) is 0 Å². The average molecular weight is 263 g/mol. The van der Waals surface area contributed by atoms with Gasteiger partial charge in [-0.15, -0.1) is 0 Å². The number of sulfonamides is 1. The molecule has 0 aromatic heterocycles. The molecule has 1 heterocycles. The van der Waals surface area contributed by atoms with Gasteiger partial charge in [0.25, 0.3) is 0 Å². The van der Waals surface area contributed by atoms with Crippen LogP contribution in [-0.4, -0.2) is 58.3 Å². The first kappa shape index (κ1) is 14.9. The fourth-order valence-electron chi connectivity index (χ4n) is 1.76. The number of hydrogen-bond donors (Lipinski definition) is 2. The van der Waals surface area contributed by atoms with E-state index in [9.17, 15) is 8.42 Å². The molecule has 0 atom stereocenters. The van der Waals surface area contributed by atoms with E-state index in [1.54, 1.807) is 0 Å². The van der Waals surface area contributed by atoms with Gasteiger partial charge in [0.1, 0.15) is 0 Å². The molecule has 0 saturated carbocycles.